The van der Waals surface area contributed by atoms with E-state index in [1.54, 1.807) is 23.9 Å². The molecule has 1 aliphatic rings. The maximum absolute atomic E-state index is 12.2. The van der Waals surface area contributed by atoms with Crippen molar-refractivity contribution in [3.63, 3.8) is 0 Å². The van der Waals surface area contributed by atoms with Gasteiger partial charge in [0.25, 0.3) is 0 Å². The maximum atomic E-state index is 12.2. The first-order chi connectivity index (χ1) is 10.00. The van der Waals surface area contributed by atoms with Gasteiger partial charge < -0.3 is 10.5 Å². The fourth-order valence-electron chi connectivity index (χ4n) is 2.16. The topological polar surface area (TPSA) is 81.4 Å². The van der Waals surface area contributed by atoms with E-state index < -0.39 is 10.0 Å². The molecule has 7 heteroatoms. The Morgan fingerprint density at radius 1 is 1.48 bits per heavy atom. The number of anilines is 2. The molecule has 0 aliphatic carbocycles. The van der Waals surface area contributed by atoms with Crippen LogP contribution in [0.4, 0.5) is 11.4 Å². The molecule has 1 saturated heterocycles. The summed E-state index contributed by atoms with van der Waals surface area (Å²) in [6.45, 7) is 2.75. The molecule has 1 aliphatic heterocycles. The number of nitrogens with one attached hydrogen (secondary N) is 1. The molecule has 0 amide bonds. The van der Waals surface area contributed by atoms with E-state index in [9.17, 15) is 8.42 Å². The highest BCUT2D eigenvalue weighted by atomic mass is 32.2. The van der Waals surface area contributed by atoms with E-state index in [2.05, 4.69) is 11.6 Å². The molecule has 1 atom stereocenters. The van der Waals surface area contributed by atoms with Gasteiger partial charge in [-0.2, -0.15) is 0 Å². The molecule has 118 valence electrons. The summed E-state index contributed by atoms with van der Waals surface area (Å²) in [5, 5.41) is 0. The van der Waals surface area contributed by atoms with E-state index >= 15 is 0 Å². The number of hydrogen-bond donors (Lipinski definition) is 2. The normalized spacial score (nSPS) is 18.8. The molecule has 1 aromatic rings. The van der Waals surface area contributed by atoms with Gasteiger partial charge in [-0.1, -0.05) is 6.92 Å². The minimum absolute atomic E-state index is 0.0151. The van der Waals surface area contributed by atoms with Gasteiger partial charge in [0.1, 0.15) is 0 Å². The number of thioether (sulfide) groups is 1. The second-order valence-electron chi connectivity index (χ2n) is 5.12. The van der Waals surface area contributed by atoms with Crippen molar-refractivity contribution in [2.75, 3.05) is 28.6 Å². The Morgan fingerprint density at radius 2 is 2.29 bits per heavy atom. The van der Waals surface area contributed by atoms with Gasteiger partial charge in [-0.25, -0.2) is 8.42 Å². The van der Waals surface area contributed by atoms with Crippen LogP contribution >= 0.6 is 11.8 Å². The van der Waals surface area contributed by atoms with Crippen molar-refractivity contribution in [1.29, 1.82) is 0 Å². The Balaban J connectivity index is 2.06. The molecule has 0 aromatic heterocycles. The van der Waals surface area contributed by atoms with Crippen LogP contribution in [0.2, 0.25) is 0 Å². The Kier molecular flexibility index (Phi) is 5.78. The number of nitrogens with two attached hydrogens (primary N) is 1. The lowest BCUT2D eigenvalue weighted by Crippen LogP contribution is -2.26. The van der Waals surface area contributed by atoms with Crippen LogP contribution in [0.5, 0.6) is 0 Å². The summed E-state index contributed by atoms with van der Waals surface area (Å²) in [6, 6.07) is 5.44. The van der Waals surface area contributed by atoms with E-state index in [0.29, 0.717) is 18.0 Å². The second-order valence-corrected chi connectivity index (χ2v) is 8.05. The standard InChI is InChI=1S/C14H22N2O3S2/c1-2-8-20-12-5-6-13(15)14(9-12)16-21(17,18)10-11-4-3-7-19-11/h5-6,9,11,16H,2-4,7-8,10,15H2,1H3. The molecule has 3 N–H and O–H groups in total. The zero-order valence-electron chi connectivity index (χ0n) is 12.2. The van der Waals surface area contributed by atoms with Crippen LogP contribution < -0.4 is 10.5 Å². The Bertz CT molecular complexity index is 570. The Hall–Kier alpha value is -0.920. The van der Waals surface area contributed by atoms with Crippen LogP contribution in [0.25, 0.3) is 0 Å². The van der Waals surface area contributed by atoms with E-state index in [-0.39, 0.29) is 11.9 Å². The molecular formula is C14H22N2O3S2. The Morgan fingerprint density at radius 3 is 2.95 bits per heavy atom. The smallest absolute Gasteiger partial charge is 0.235 e. The van der Waals surface area contributed by atoms with Crippen LogP contribution in [-0.2, 0) is 14.8 Å². The van der Waals surface area contributed by atoms with Crippen LogP contribution in [0.1, 0.15) is 26.2 Å². The fourth-order valence-corrected chi connectivity index (χ4v) is 4.32. The zero-order valence-corrected chi connectivity index (χ0v) is 13.8. The van der Waals surface area contributed by atoms with Gasteiger partial charge in [-0.3, -0.25) is 4.72 Å². The third kappa shape index (κ3) is 5.09. The molecule has 0 saturated carbocycles. The van der Waals surface area contributed by atoms with E-state index in [4.69, 9.17) is 10.5 Å². The third-order valence-corrected chi connectivity index (χ3v) is 5.73. The molecule has 1 aromatic carbocycles. The summed E-state index contributed by atoms with van der Waals surface area (Å²) in [5.41, 5.74) is 6.76. The molecular weight excluding hydrogens is 308 g/mol. The van der Waals surface area contributed by atoms with Crippen LogP contribution in [0, 0.1) is 0 Å². The molecule has 1 fully saturated rings. The molecule has 5 nitrogen and oxygen atoms in total. The highest BCUT2D eigenvalue weighted by Crippen LogP contribution is 2.28. The SMILES string of the molecule is CCCSc1ccc(N)c(NS(=O)(=O)CC2CCCO2)c1. The summed E-state index contributed by atoms with van der Waals surface area (Å²) in [5.74, 6) is 0.977. The molecule has 2 rings (SSSR count). The average Bonchev–Trinajstić information content (AvgIpc) is 2.91. The van der Waals surface area contributed by atoms with Gasteiger partial charge in [0.15, 0.2) is 0 Å². The fraction of sp³-hybridized carbons (Fsp3) is 0.571. The second kappa shape index (κ2) is 7.38. The van der Waals surface area contributed by atoms with Crippen LogP contribution in [0.15, 0.2) is 23.1 Å². The lowest BCUT2D eigenvalue weighted by molar-refractivity contribution is 0.127. The summed E-state index contributed by atoms with van der Waals surface area (Å²) in [6.07, 6.45) is 2.57. The third-order valence-electron chi connectivity index (χ3n) is 3.19. The maximum Gasteiger partial charge on any atom is 0.235 e. The summed E-state index contributed by atoms with van der Waals surface area (Å²) in [4.78, 5) is 1.01. The Labute approximate surface area is 130 Å². The number of rotatable bonds is 7. The van der Waals surface area contributed by atoms with Crippen LogP contribution in [0.3, 0.4) is 0 Å². The first-order valence-corrected chi connectivity index (χ1v) is 9.78. The summed E-state index contributed by atoms with van der Waals surface area (Å²) in [7, 11) is -3.44. The van der Waals surface area contributed by atoms with E-state index in [1.807, 2.05) is 6.07 Å². The summed E-state index contributed by atoms with van der Waals surface area (Å²) >= 11 is 1.69. The molecule has 1 heterocycles. The van der Waals surface area contributed by atoms with Gasteiger partial charge in [0.05, 0.1) is 23.2 Å². The number of ether oxygens (including phenoxy) is 1. The van der Waals surface area contributed by atoms with Crippen LogP contribution in [-0.4, -0.2) is 32.6 Å². The van der Waals surface area contributed by atoms with E-state index in [1.165, 1.54) is 0 Å². The highest BCUT2D eigenvalue weighted by Gasteiger charge is 2.23. The van der Waals surface area contributed by atoms with Crippen molar-refractivity contribution in [1.82, 2.24) is 0 Å². The van der Waals surface area contributed by atoms with Crippen molar-refractivity contribution >= 4 is 33.2 Å². The molecule has 1 unspecified atom stereocenters. The van der Waals surface area contributed by atoms with Crippen molar-refractivity contribution in [2.24, 2.45) is 0 Å². The van der Waals surface area contributed by atoms with Gasteiger partial charge in [0, 0.05) is 11.5 Å². The number of sulfonamides is 1. The minimum Gasteiger partial charge on any atom is -0.397 e. The van der Waals surface area contributed by atoms with Gasteiger partial charge in [-0.05, 0) is 43.2 Å². The van der Waals surface area contributed by atoms with Crippen molar-refractivity contribution < 1.29 is 13.2 Å². The van der Waals surface area contributed by atoms with Crippen molar-refractivity contribution in [3.05, 3.63) is 18.2 Å². The number of benzene rings is 1. The lowest BCUT2D eigenvalue weighted by Gasteiger charge is -2.14. The monoisotopic (exact) mass is 330 g/mol. The number of hydrogen-bond acceptors (Lipinski definition) is 5. The largest absolute Gasteiger partial charge is 0.397 e. The molecule has 21 heavy (non-hydrogen) atoms. The molecule has 0 radical (unpaired) electrons. The highest BCUT2D eigenvalue weighted by molar-refractivity contribution is 7.99. The first kappa shape index (κ1) is 16.5. The summed E-state index contributed by atoms with van der Waals surface area (Å²) < 4.78 is 32.3. The molecule has 0 bridgehead atoms. The lowest BCUT2D eigenvalue weighted by atomic mass is 10.3. The quantitative estimate of drug-likeness (QED) is 0.593. The van der Waals surface area contributed by atoms with Gasteiger partial charge in [0.2, 0.25) is 10.0 Å². The predicted molar refractivity (Wildman–Crippen MR) is 88.3 cm³/mol. The van der Waals surface area contributed by atoms with Gasteiger partial charge >= 0.3 is 0 Å². The average molecular weight is 330 g/mol. The first-order valence-electron chi connectivity index (χ1n) is 7.14. The number of nitrogen functional groups attached to an aromatic ring is 1. The zero-order chi connectivity index (χ0) is 15.3. The van der Waals surface area contributed by atoms with E-state index in [0.717, 1.165) is 29.9 Å². The minimum atomic E-state index is -3.44. The van der Waals surface area contributed by atoms with Gasteiger partial charge in [-0.15, -0.1) is 11.8 Å². The van der Waals surface area contributed by atoms with Crippen molar-refractivity contribution in [3.8, 4) is 0 Å². The van der Waals surface area contributed by atoms with Crippen molar-refractivity contribution in [2.45, 2.75) is 37.2 Å². The predicted octanol–water partition coefficient (Wildman–Crippen LogP) is 2.69. The molecule has 0 spiro atoms.